The molecule has 0 aliphatic rings. The lowest BCUT2D eigenvalue weighted by Crippen LogP contribution is -2.37. The fraction of sp³-hybridized carbons (Fsp3) is 0.444. The molecular weight excluding hydrogens is 429 g/mol. The Kier molecular flexibility index (Phi) is 10.9. The van der Waals surface area contributed by atoms with Crippen molar-refractivity contribution in [3.63, 3.8) is 0 Å². The average Bonchev–Trinajstić information content (AvgIpc) is 3.12. The minimum Gasteiger partial charge on any atom is -0.382 e. The Morgan fingerprint density at radius 2 is 1.96 bits per heavy atom. The number of rotatable bonds is 9. The second-order valence-electron chi connectivity index (χ2n) is 5.45. The van der Waals surface area contributed by atoms with Crippen molar-refractivity contribution in [3.8, 4) is 0 Å². The van der Waals surface area contributed by atoms with E-state index in [1.165, 1.54) is 11.1 Å². The standard InChI is InChI=1S/C18H27N5O.HI/c1-3-24-12-4-9-21-18(19-2)22-13-16-5-7-17(8-6-16)14-23-11-10-20-15-23;/h5-8,10-11,15H,3-4,9,12-14H2,1-2H3,(H2,19,21,22);1H. The van der Waals surface area contributed by atoms with Gasteiger partial charge in [-0.05, 0) is 24.5 Å². The minimum atomic E-state index is 0. The molecule has 2 rings (SSSR count). The summed E-state index contributed by atoms with van der Waals surface area (Å²) in [6.45, 7) is 5.99. The molecule has 0 aliphatic carbocycles. The summed E-state index contributed by atoms with van der Waals surface area (Å²) in [4.78, 5) is 8.29. The highest BCUT2D eigenvalue weighted by Crippen LogP contribution is 2.06. The number of imidazole rings is 1. The van der Waals surface area contributed by atoms with Crippen LogP contribution < -0.4 is 10.6 Å². The predicted octanol–water partition coefficient (Wildman–Crippen LogP) is 2.64. The largest absolute Gasteiger partial charge is 0.382 e. The van der Waals surface area contributed by atoms with Gasteiger partial charge in [0, 0.05) is 52.3 Å². The summed E-state index contributed by atoms with van der Waals surface area (Å²) in [5.41, 5.74) is 2.48. The van der Waals surface area contributed by atoms with E-state index in [1.54, 1.807) is 13.2 Å². The third-order valence-corrected chi connectivity index (χ3v) is 3.59. The van der Waals surface area contributed by atoms with Gasteiger partial charge < -0.3 is 19.9 Å². The molecule has 2 aromatic rings. The third-order valence-electron chi connectivity index (χ3n) is 3.59. The van der Waals surface area contributed by atoms with E-state index in [2.05, 4.69) is 49.4 Å². The van der Waals surface area contributed by atoms with Crippen LogP contribution in [0.4, 0.5) is 0 Å². The number of benzene rings is 1. The molecule has 6 nitrogen and oxygen atoms in total. The molecule has 0 fully saturated rings. The summed E-state index contributed by atoms with van der Waals surface area (Å²) in [7, 11) is 1.78. The molecular formula is C18H28IN5O. The zero-order valence-electron chi connectivity index (χ0n) is 14.9. The fourth-order valence-electron chi connectivity index (χ4n) is 2.29. The van der Waals surface area contributed by atoms with E-state index < -0.39 is 0 Å². The van der Waals surface area contributed by atoms with E-state index >= 15 is 0 Å². The minimum absolute atomic E-state index is 0. The second-order valence-corrected chi connectivity index (χ2v) is 5.45. The lowest BCUT2D eigenvalue weighted by atomic mass is 10.1. The van der Waals surface area contributed by atoms with Gasteiger partial charge in [-0.3, -0.25) is 4.99 Å². The van der Waals surface area contributed by atoms with E-state index in [4.69, 9.17) is 4.74 Å². The van der Waals surface area contributed by atoms with Crippen molar-refractivity contribution in [2.75, 3.05) is 26.8 Å². The van der Waals surface area contributed by atoms with Crippen LogP contribution in [0.15, 0.2) is 48.0 Å². The maximum Gasteiger partial charge on any atom is 0.191 e. The molecule has 0 bridgehead atoms. The molecule has 0 radical (unpaired) electrons. The van der Waals surface area contributed by atoms with Gasteiger partial charge in [0.25, 0.3) is 0 Å². The Balaban J connectivity index is 0.00000312. The monoisotopic (exact) mass is 457 g/mol. The number of aliphatic imine (C=N–C) groups is 1. The molecule has 25 heavy (non-hydrogen) atoms. The van der Waals surface area contributed by atoms with Gasteiger partial charge in [0.15, 0.2) is 5.96 Å². The van der Waals surface area contributed by atoms with Crippen molar-refractivity contribution in [1.82, 2.24) is 20.2 Å². The van der Waals surface area contributed by atoms with Crippen LogP contribution in [-0.4, -0.2) is 42.3 Å². The van der Waals surface area contributed by atoms with E-state index in [1.807, 2.05) is 19.4 Å². The van der Waals surface area contributed by atoms with E-state index in [0.29, 0.717) is 0 Å². The Morgan fingerprint density at radius 3 is 2.60 bits per heavy atom. The van der Waals surface area contributed by atoms with Gasteiger partial charge in [0.1, 0.15) is 0 Å². The van der Waals surface area contributed by atoms with Crippen LogP contribution >= 0.6 is 24.0 Å². The SMILES string of the molecule is CCOCCCNC(=NC)NCc1ccc(Cn2ccnc2)cc1.I. The van der Waals surface area contributed by atoms with Crippen LogP contribution in [0.25, 0.3) is 0 Å². The first kappa shape index (κ1) is 21.4. The van der Waals surface area contributed by atoms with Crippen LogP contribution in [-0.2, 0) is 17.8 Å². The summed E-state index contributed by atoms with van der Waals surface area (Å²) in [6.07, 6.45) is 6.57. The third kappa shape index (κ3) is 8.35. The first-order valence-electron chi connectivity index (χ1n) is 8.37. The van der Waals surface area contributed by atoms with Gasteiger partial charge in [-0.2, -0.15) is 0 Å². The van der Waals surface area contributed by atoms with E-state index in [9.17, 15) is 0 Å². The molecule has 138 valence electrons. The van der Waals surface area contributed by atoms with Crippen LogP contribution in [0.5, 0.6) is 0 Å². The zero-order chi connectivity index (χ0) is 17.0. The summed E-state index contributed by atoms with van der Waals surface area (Å²) in [5, 5.41) is 6.61. The lowest BCUT2D eigenvalue weighted by Gasteiger charge is -2.12. The molecule has 0 atom stereocenters. The Hall–Kier alpha value is -1.61. The van der Waals surface area contributed by atoms with Gasteiger partial charge >= 0.3 is 0 Å². The van der Waals surface area contributed by atoms with Gasteiger partial charge in [0.2, 0.25) is 0 Å². The van der Waals surface area contributed by atoms with Crippen molar-refractivity contribution in [2.45, 2.75) is 26.4 Å². The summed E-state index contributed by atoms with van der Waals surface area (Å²) in [6, 6.07) is 8.58. The predicted molar refractivity (Wildman–Crippen MR) is 112 cm³/mol. The molecule has 0 aliphatic heterocycles. The van der Waals surface area contributed by atoms with Crippen molar-refractivity contribution < 1.29 is 4.74 Å². The highest BCUT2D eigenvalue weighted by Gasteiger charge is 1.99. The number of halogens is 1. The quantitative estimate of drug-likeness (QED) is 0.263. The number of aromatic nitrogens is 2. The van der Waals surface area contributed by atoms with Crippen LogP contribution in [0, 0.1) is 0 Å². The summed E-state index contributed by atoms with van der Waals surface area (Å²) in [5.74, 6) is 0.814. The Morgan fingerprint density at radius 1 is 1.20 bits per heavy atom. The van der Waals surface area contributed by atoms with Crippen LogP contribution in [0.3, 0.4) is 0 Å². The number of hydrogen-bond acceptors (Lipinski definition) is 3. The summed E-state index contributed by atoms with van der Waals surface area (Å²) < 4.78 is 7.38. The topological polar surface area (TPSA) is 63.5 Å². The number of ether oxygens (including phenoxy) is 1. The molecule has 0 spiro atoms. The van der Waals surface area contributed by atoms with Gasteiger partial charge in [-0.15, -0.1) is 24.0 Å². The maximum atomic E-state index is 5.32. The van der Waals surface area contributed by atoms with Crippen molar-refractivity contribution in [3.05, 3.63) is 54.1 Å². The molecule has 0 saturated heterocycles. The van der Waals surface area contributed by atoms with Gasteiger partial charge in [-0.25, -0.2) is 4.98 Å². The highest BCUT2D eigenvalue weighted by atomic mass is 127. The number of hydrogen-bond donors (Lipinski definition) is 2. The van der Waals surface area contributed by atoms with Crippen LogP contribution in [0.1, 0.15) is 24.5 Å². The second kappa shape index (κ2) is 12.7. The first-order valence-corrected chi connectivity index (χ1v) is 8.37. The van der Waals surface area contributed by atoms with Crippen molar-refractivity contribution in [2.24, 2.45) is 4.99 Å². The number of guanidine groups is 1. The lowest BCUT2D eigenvalue weighted by molar-refractivity contribution is 0.145. The average molecular weight is 457 g/mol. The van der Waals surface area contributed by atoms with Gasteiger partial charge in [0.05, 0.1) is 6.33 Å². The van der Waals surface area contributed by atoms with Crippen LogP contribution in [0.2, 0.25) is 0 Å². The molecule has 0 amide bonds. The first-order chi connectivity index (χ1) is 11.8. The molecule has 7 heteroatoms. The number of nitrogens with one attached hydrogen (secondary N) is 2. The Labute approximate surface area is 167 Å². The van der Waals surface area contributed by atoms with E-state index in [-0.39, 0.29) is 24.0 Å². The molecule has 1 heterocycles. The molecule has 1 aromatic heterocycles. The molecule has 0 unspecified atom stereocenters. The molecule has 2 N–H and O–H groups in total. The maximum absolute atomic E-state index is 5.32. The van der Waals surface area contributed by atoms with E-state index in [0.717, 1.165) is 45.2 Å². The highest BCUT2D eigenvalue weighted by molar-refractivity contribution is 14.0. The summed E-state index contributed by atoms with van der Waals surface area (Å²) >= 11 is 0. The van der Waals surface area contributed by atoms with Gasteiger partial charge in [-0.1, -0.05) is 24.3 Å². The number of nitrogens with zero attached hydrogens (tertiary/aromatic N) is 3. The van der Waals surface area contributed by atoms with Crippen molar-refractivity contribution in [1.29, 1.82) is 0 Å². The molecule has 0 saturated carbocycles. The zero-order valence-corrected chi connectivity index (χ0v) is 17.3. The Bertz CT molecular complexity index is 598. The van der Waals surface area contributed by atoms with Crippen molar-refractivity contribution >= 4 is 29.9 Å². The normalized spacial score (nSPS) is 11.0. The molecule has 1 aromatic carbocycles. The fourth-order valence-corrected chi connectivity index (χ4v) is 2.29. The smallest absolute Gasteiger partial charge is 0.191 e.